The highest BCUT2D eigenvalue weighted by atomic mass is 14.2. The molecule has 0 saturated carbocycles. The van der Waals surface area contributed by atoms with Crippen molar-refractivity contribution in [3.8, 4) is 44.5 Å². The normalized spacial score (nSPS) is 11.6. The van der Waals surface area contributed by atoms with Crippen LogP contribution in [0.25, 0.3) is 98.4 Å². The van der Waals surface area contributed by atoms with Crippen LogP contribution < -0.4 is 0 Å². The molecular weight excluding hydrogens is 601 g/mol. The Labute approximate surface area is 291 Å². The fourth-order valence-electron chi connectivity index (χ4n) is 8.02. The number of rotatable bonds is 4. The quantitative estimate of drug-likeness (QED) is 0.169. The molecule has 0 spiro atoms. The van der Waals surface area contributed by atoms with Crippen LogP contribution in [0.1, 0.15) is 0 Å². The summed E-state index contributed by atoms with van der Waals surface area (Å²) < 4.78 is 0. The van der Waals surface area contributed by atoms with Gasteiger partial charge in [0, 0.05) is 0 Å². The minimum atomic E-state index is 1.22. The van der Waals surface area contributed by atoms with Crippen molar-refractivity contribution in [2.75, 3.05) is 0 Å². The Morgan fingerprint density at radius 3 is 1.28 bits per heavy atom. The first-order valence-electron chi connectivity index (χ1n) is 17.3. The van der Waals surface area contributed by atoms with E-state index in [2.05, 4.69) is 194 Å². The third-order valence-electron chi connectivity index (χ3n) is 10.4. The van der Waals surface area contributed by atoms with Gasteiger partial charge in [-0.1, -0.05) is 170 Å². The number of hydrogen-bond acceptors (Lipinski definition) is 0. The minimum Gasteiger partial charge on any atom is -0.0616 e. The molecule has 0 aliphatic rings. The van der Waals surface area contributed by atoms with Gasteiger partial charge in [0.15, 0.2) is 0 Å². The molecule has 0 nitrogen and oxygen atoms in total. The fourth-order valence-corrected chi connectivity index (χ4v) is 8.02. The van der Waals surface area contributed by atoms with E-state index in [1.54, 1.807) is 0 Å². The molecule has 0 atom stereocenters. The summed E-state index contributed by atoms with van der Waals surface area (Å²) in [7, 11) is 0. The Morgan fingerprint density at radius 1 is 0.200 bits per heavy atom. The SMILES string of the molecule is c1cc(-c2ccc3ccc(-c4c5ccccc5c(-c5ccc6ccccc6c5)c5ccccc45)cc3c2)cc(-c2cccc3ccccc23)c1. The summed E-state index contributed by atoms with van der Waals surface area (Å²) in [6, 6.07) is 71.4. The molecule has 0 aliphatic heterocycles. The molecule has 0 amide bonds. The first kappa shape index (κ1) is 28.5. The second-order valence-electron chi connectivity index (χ2n) is 13.3. The number of fused-ring (bicyclic) bond motifs is 5. The first-order valence-corrected chi connectivity index (χ1v) is 17.3. The molecule has 50 heavy (non-hydrogen) atoms. The van der Waals surface area contributed by atoms with E-state index < -0.39 is 0 Å². The summed E-state index contributed by atoms with van der Waals surface area (Å²) in [5, 5.41) is 12.6. The van der Waals surface area contributed by atoms with Crippen LogP contribution in [0.15, 0.2) is 194 Å². The zero-order valence-corrected chi connectivity index (χ0v) is 27.5. The van der Waals surface area contributed by atoms with E-state index in [1.807, 2.05) is 0 Å². The van der Waals surface area contributed by atoms with Crippen LogP contribution in [0.2, 0.25) is 0 Å². The lowest BCUT2D eigenvalue weighted by molar-refractivity contribution is 1.62. The molecule has 0 aromatic heterocycles. The summed E-state index contributed by atoms with van der Waals surface area (Å²) in [4.78, 5) is 0. The van der Waals surface area contributed by atoms with Gasteiger partial charge >= 0.3 is 0 Å². The third-order valence-corrected chi connectivity index (χ3v) is 10.4. The van der Waals surface area contributed by atoms with Crippen LogP contribution in [0.5, 0.6) is 0 Å². The van der Waals surface area contributed by atoms with E-state index in [0.717, 1.165) is 0 Å². The lowest BCUT2D eigenvalue weighted by atomic mass is 9.85. The van der Waals surface area contributed by atoms with Gasteiger partial charge < -0.3 is 0 Å². The van der Waals surface area contributed by atoms with Crippen molar-refractivity contribution in [3.05, 3.63) is 194 Å². The Balaban J connectivity index is 1.14. The van der Waals surface area contributed by atoms with Crippen LogP contribution in [0, 0.1) is 0 Å². The summed E-state index contributed by atoms with van der Waals surface area (Å²) >= 11 is 0. The second-order valence-corrected chi connectivity index (χ2v) is 13.3. The smallest absolute Gasteiger partial charge is 0.00262 e. The molecule has 0 heteroatoms. The van der Waals surface area contributed by atoms with Gasteiger partial charge in [0.2, 0.25) is 0 Å². The standard InChI is InChI=1S/C50H32/c1-2-13-36-30-40(27-24-33(36)11-1)49-45-18-5-7-20-47(45)50(48-21-8-6-19-46(48)49)41-28-25-34-23-26-38(31-42(34)32-41)37-15-9-16-39(29-37)44-22-10-14-35-12-3-4-17-43(35)44/h1-32H. The summed E-state index contributed by atoms with van der Waals surface area (Å²) in [6.45, 7) is 0. The van der Waals surface area contributed by atoms with Crippen LogP contribution in [-0.2, 0) is 0 Å². The molecule has 0 bridgehead atoms. The highest BCUT2D eigenvalue weighted by molar-refractivity contribution is 6.22. The number of hydrogen-bond donors (Lipinski definition) is 0. The van der Waals surface area contributed by atoms with E-state index in [0.29, 0.717) is 0 Å². The van der Waals surface area contributed by atoms with Gasteiger partial charge in [-0.15, -0.1) is 0 Å². The van der Waals surface area contributed by atoms with Gasteiger partial charge in [-0.05, 0) is 123 Å². The van der Waals surface area contributed by atoms with Crippen molar-refractivity contribution in [1.29, 1.82) is 0 Å². The van der Waals surface area contributed by atoms with Crippen molar-refractivity contribution in [3.63, 3.8) is 0 Å². The van der Waals surface area contributed by atoms with E-state index in [1.165, 1.54) is 98.4 Å². The van der Waals surface area contributed by atoms with Crippen LogP contribution >= 0.6 is 0 Å². The minimum absolute atomic E-state index is 1.22. The van der Waals surface area contributed by atoms with E-state index in [-0.39, 0.29) is 0 Å². The van der Waals surface area contributed by atoms with Gasteiger partial charge in [0.05, 0.1) is 0 Å². The molecule has 0 aliphatic carbocycles. The Morgan fingerprint density at radius 2 is 0.620 bits per heavy atom. The molecule has 0 saturated heterocycles. The van der Waals surface area contributed by atoms with Gasteiger partial charge in [0.1, 0.15) is 0 Å². The zero-order valence-electron chi connectivity index (χ0n) is 27.5. The molecule has 10 aromatic rings. The number of benzene rings is 10. The summed E-state index contributed by atoms with van der Waals surface area (Å²) in [5.41, 5.74) is 9.99. The molecule has 10 aromatic carbocycles. The highest BCUT2D eigenvalue weighted by Crippen LogP contribution is 2.45. The predicted molar refractivity (Wildman–Crippen MR) is 216 cm³/mol. The molecule has 0 unspecified atom stereocenters. The molecule has 0 fully saturated rings. The van der Waals surface area contributed by atoms with Crippen molar-refractivity contribution >= 4 is 53.9 Å². The maximum absolute atomic E-state index is 2.39. The Hall–Kier alpha value is -6.50. The molecule has 232 valence electrons. The van der Waals surface area contributed by atoms with Gasteiger partial charge in [-0.3, -0.25) is 0 Å². The van der Waals surface area contributed by atoms with Crippen LogP contribution in [0.4, 0.5) is 0 Å². The summed E-state index contributed by atoms with van der Waals surface area (Å²) in [5.74, 6) is 0. The molecule has 0 radical (unpaired) electrons. The molecule has 0 heterocycles. The Bertz CT molecular complexity index is 2860. The van der Waals surface area contributed by atoms with E-state index >= 15 is 0 Å². The molecular formula is C50H32. The predicted octanol–water partition coefficient (Wildman–Crippen LogP) is 14.1. The maximum atomic E-state index is 2.39. The monoisotopic (exact) mass is 632 g/mol. The van der Waals surface area contributed by atoms with Gasteiger partial charge in [-0.25, -0.2) is 0 Å². The van der Waals surface area contributed by atoms with Crippen molar-refractivity contribution in [1.82, 2.24) is 0 Å². The molecule has 10 rings (SSSR count). The van der Waals surface area contributed by atoms with Crippen molar-refractivity contribution < 1.29 is 0 Å². The van der Waals surface area contributed by atoms with Crippen LogP contribution in [-0.4, -0.2) is 0 Å². The van der Waals surface area contributed by atoms with Crippen LogP contribution in [0.3, 0.4) is 0 Å². The average molecular weight is 633 g/mol. The van der Waals surface area contributed by atoms with E-state index in [9.17, 15) is 0 Å². The Kier molecular flexibility index (Phi) is 6.60. The maximum Gasteiger partial charge on any atom is -0.00262 e. The fraction of sp³-hybridized carbons (Fsp3) is 0. The summed E-state index contributed by atoms with van der Waals surface area (Å²) in [6.07, 6.45) is 0. The van der Waals surface area contributed by atoms with Gasteiger partial charge in [0.25, 0.3) is 0 Å². The van der Waals surface area contributed by atoms with Crippen molar-refractivity contribution in [2.45, 2.75) is 0 Å². The third kappa shape index (κ3) is 4.69. The largest absolute Gasteiger partial charge is 0.0616 e. The van der Waals surface area contributed by atoms with Gasteiger partial charge in [-0.2, -0.15) is 0 Å². The zero-order chi connectivity index (χ0) is 33.0. The average Bonchev–Trinajstić information content (AvgIpc) is 3.19. The lowest BCUT2D eigenvalue weighted by Gasteiger charge is -2.18. The molecule has 0 N–H and O–H groups in total. The van der Waals surface area contributed by atoms with Crippen molar-refractivity contribution in [2.24, 2.45) is 0 Å². The van der Waals surface area contributed by atoms with E-state index in [4.69, 9.17) is 0 Å². The topological polar surface area (TPSA) is 0 Å². The second kappa shape index (κ2) is 11.6. The first-order chi connectivity index (χ1) is 24.8. The highest BCUT2D eigenvalue weighted by Gasteiger charge is 2.17. The lowest BCUT2D eigenvalue weighted by Crippen LogP contribution is -1.91.